The van der Waals surface area contributed by atoms with E-state index in [0.717, 1.165) is 42.6 Å². The lowest BCUT2D eigenvalue weighted by Gasteiger charge is -2.38. The van der Waals surface area contributed by atoms with E-state index in [4.69, 9.17) is 0 Å². The summed E-state index contributed by atoms with van der Waals surface area (Å²) in [5, 5.41) is 3.08. The Morgan fingerprint density at radius 3 is 2.72 bits per heavy atom. The molecule has 5 heteroatoms. The van der Waals surface area contributed by atoms with Gasteiger partial charge in [0.1, 0.15) is 5.54 Å². The SMILES string of the molecule is CCN(Cc1ccccc1)C(=O)C1CC2CCCN2C12C(=O)Nc1ccccc12. The molecule has 2 aromatic rings. The van der Waals surface area contributed by atoms with E-state index in [-0.39, 0.29) is 17.7 Å². The fourth-order valence-corrected chi connectivity index (χ4v) is 5.73. The first kappa shape index (κ1) is 18.4. The molecule has 1 N–H and O–H groups in total. The lowest BCUT2D eigenvalue weighted by Crippen LogP contribution is -2.54. The van der Waals surface area contributed by atoms with Gasteiger partial charge in [-0.05, 0) is 44.4 Å². The summed E-state index contributed by atoms with van der Waals surface area (Å²) in [5.41, 5.74) is 2.09. The molecule has 0 radical (unpaired) electrons. The summed E-state index contributed by atoms with van der Waals surface area (Å²) in [6.07, 6.45) is 2.90. The molecule has 150 valence electrons. The maximum Gasteiger partial charge on any atom is 0.250 e. The van der Waals surface area contributed by atoms with Crippen LogP contribution in [-0.4, -0.2) is 40.7 Å². The number of carbonyl (C=O) groups excluding carboxylic acids is 2. The number of amides is 2. The van der Waals surface area contributed by atoms with Crippen LogP contribution in [0.3, 0.4) is 0 Å². The lowest BCUT2D eigenvalue weighted by molar-refractivity contribution is -0.144. The Bertz CT molecular complexity index is 944. The van der Waals surface area contributed by atoms with E-state index in [9.17, 15) is 9.59 Å². The zero-order chi connectivity index (χ0) is 20.0. The van der Waals surface area contributed by atoms with Crippen LogP contribution >= 0.6 is 0 Å². The molecule has 3 unspecified atom stereocenters. The van der Waals surface area contributed by atoms with Crippen LogP contribution in [-0.2, 0) is 21.7 Å². The third-order valence-corrected chi connectivity index (χ3v) is 6.98. The largest absolute Gasteiger partial charge is 0.338 e. The highest BCUT2D eigenvalue weighted by Crippen LogP contribution is 2.55. The van der Waals surface area contributed by atoms with Gasteiger partial charge in [-0.2, -0.15) is 0 Å². The van der Waals surface area contributed by atoms with Crippen LogP contribution < -0.4 is 5.32 Å². The summed E-state index contributed by atoms with van der Waals surface area (Å²) in [6, 6.07) is 18.3. The molecule has 0 bridgehead atoms. The Morgan fingerprint density at radius 1 is 1.17 bits per heavy atom. The van der Waals surface area contributed by atoms with Crippen molar-refractivity contribution in [3.05, 3.63) is 65.7 Å². The molecule has 2 saturated heterocycles. The highest BCUT2D eigenvalue weighted by atomic mass is 16.2. The summed E-state index contributed by atoms with van der Waals surface area (Å²) in [6.45, 7) is 4.11. The van der Waals surface area contributed by atoms with Crippen molar-refractivity contribution < 1.29 is 9.59 Å². The fourth-order valence-electron chi connectivity index (χ4n) is 5.73. The third-order valence-electron chi connectivity index (χ3n) is 6.98. The first-order valence-electron chi connectivity index (χ1n) is 10.7. The number of para-hydroxylation sites is 1. The molecule has 5 rings (SSSR count). The second kappa shape index (κ2) is 6.99. The van der Waals surface area contributed by atoms with Crippen LogP contribution in [0.25, 0.3) is 0 Å². The van der Waals surface area contributed by atoms with Crippen molar-refractivity contribution in [3.63, 3.8) is 0 Å². The summed E-state index contributed by atoms with van der Waals surface area (Å²) in [4.78, 5) is 31.5. The molecule has 0 saturated carbocycles. The molecule has 0 aliphatic carbocycles. The predicted octanol–water partition coefficient (Wildman–Crippen LogP) is 3.37. The van der Waals surface area contributed by atoms with Crippen LogP contribution in [0.4, 0.5) is 5.69 Å². The molecule has 5 nitrogen and oxygen atoms in total. The van der Waals surface area contributed by atoms with Gasteiger partial charge >= 0.3 is 0 Å². The summed E-state index contributed by atoms with van der Waals surface area (Å²) in [7, 11) is 0. The van der Waals surface area contributed by atoms with Crippen molar-refractivity contribution in [1.82, 2.24) is 9.80 Å². The van der Waals surface area contributed by atoms with E-state index in [0.29, 0.717) is 19.1 Å². The Labute approximate surface area is 171 Å². The van der Waals surface area contributed by atoms with E-state index in [1.807, 2.05) is 54.3 Å². The molecular formula is C24H27N3O2. The van der Waals surface area contributed by atoms with Gasteiger partial charge in [-0.15, -0.1) is 0 Å². The van der Waals surface area contributed by atoms with Crippen LogP contribution in [0, 0.1) is 5.92 Å². The van der Waals surface area contributed by atoms with Crippen molar-refractivity contribution in [2.75, 3.05) is 18.4 Å². The average Bonchev–Trinajstić information content (AvgIpc) is 3.41. The molecule has 2 fully saturated rings. The molecule has 0 aromatic heterocycles. The second-order valence-electron chi connectivity index (χ2n) is 8.38. The fraction of sp³-hybridized carbons (Fsp3) is 0.417. The van der Waals surface area contributed by atoms with Crippen molar-refractivity contribution in [1.29, 1.82) is 0 Å². The van der Waals surface area contributed by atoms with Gasteiger partial charge in [0.05, 0.1) is 5.92 Å². The number of rotatable bonds is 4. The maximum absolute atomic E-state index is 13.8. The monoisotopic (exact) mass is 389 g/mol. The third kappa shape index (κ3) is 2.64. The molecule has 29 heavy (non-hydrogen) atoms. The minimum atomic E-state index is -0.862. The van der Waals surface area contributed by atoms with Crippen LogP contribution in [0.5, 0.6) is 0 Å². The van der Waals surface area contributed by atoms with Gasteiger partial charge < -0.3 is 10.2 Å². The smallest absolute Gasteiger partial charge is 0.250 e. The average molecular weight is 389 g/mol. The number of fused-ring (bicyclic) bond motifs is 4. The van der Waals surface area contributed by atoms with Gasteiger partial charge in [-0.3, -0.25) is 14.5 Å². The van der Waals surface area contributed by atoms with Crippen LogP contribution in [0.2, 0.25) is 0 Å². The summed E-state index contributed by atoms with van der Waals surface area (Å²) < 4.78 is 0. The first-order chi connectivity index (χ1) is 14.2. The van der Waals surface area contributed by atoms with Gasteiger partial charge in [0.15, 0.2) is 0 Å². The standard InChI is InChI=1S/C24H27N3O2/c1-2-26(16-17-9-4-3-5-10-17)22(28)20-15-18-11-8-14-27(18)24(20)19-12-6-7-13-21(19)25-23(24)29/h3-7,9-10,12-13,18,20H,2,8,11,14-16H2,1H3,(H,25,29). The highest BCUT2D eigenvalue weighted by Gasteiger charge is 2.65. The van der Waals surface area contributed by atoms with Crippen LogP contribution in [0.1, 0.15) is 37.3 Å². The van der Waals surface area contributed by atoms with Gasteiger partial charge in [-0.25, -0.2) is 0 Å². The lowest BCUT2D eigenvalue weighted by atomic mass is 9.78. The number of hydrogen-bond donors (Lipinski definition) is 1. The Hall–Kier alpha value is -2.66. The number of nitrogens with zero attached hydrogens (tertiary/aromatic N) is 2. The quantitative estimate of drug-likeness (QED) is 0.872. The van der Waals surface area contributed by atoms with Crippen molar-refractivity contribution in [3.8, 4) is 0 Å². The number of anilines is 1. The summed E-state index contributed by atoms with van der Waals surface area (Å²) >= 11 is 0. The molecule has 2 aromatic carbocycles. The summed E-state index contributed by atoms with van der Waals surface area (Å²) in [5.74, 6) is -0.282. The van der Waals surface area contributed by atoms with Crippen molar-refractivity contribution in [2.24, 2.45) is 5.92 Å². The second-order valence-corrected chi connectivity index (χ2v) is 8.38. The molecule has 2 amide bonds. The molecular weight excluding hydrogens is 362 g/mol. The van der Waals surface area contributed by atoms with E-state index < -0.39 is 5.54 Å². The maximum atomic E-state index is 13.8. The molecule has 3 aliphatic rings. The Kier molecular flexibility index (Phi) is 4.43. The normalized spacial score (nSPS) is 27.7. The number of benzene rings is 2. The first-order valence-corrected chi connectivity index (χ1v) is 10.7. The van der Waals surface area contributed by atoms with Crippen LogP contribution in [0.15, 0.2) is 54.6 Å². The van der Waals surface area contributed by atoms with E-state index >= 15 is 0 Å². The molecule has 3 atom stereocenters. The van der Waals surface area contributed by atoms with E-state index in [1.54, 1.807) is 0 Å². The zero-order valence-electron chi connectivity index (χ0n) is 16.8. The minimum absolute atomic E-state index is 0.0304. The van der Waals surface area contributed by atoms with Crippen molar-refractivity contribution >= 4 is 17.5 Å². The molecule has 3 heterocycles. The number of nitrogens with one attached hydrogen (secondary N) is 1. The van der Waals surface area contributed by atoms with E-state index in [2.05, 4.69) is 22.3 Å². The topological polar surface area (TPSA) is 52.7 Å². The number of hydrogen-bond acceptors (Lipinski definition) is 3. The van der Waals surface area contributed by atoms with E-state index in [1.165, 1.54) is 0 Å². The molecule has 3 aliphatic heterocycles. The predicted molar refractivity (Wildman–Crippen MR) is 112 cm³/mol. The Morgan fingerprint density at radius 2 is 1.93 bits per heavy atom. The zero-order valence-corrected chi connectivity index (χ0v) is 16.8. The van der Waals surface area contributed by atoms with Gasteiger partial charge in [0.2, 0.25) is 11.8 Å². The molecule has 1 spiro atoms. The van der Waals surface area contributed by atoms with Gasteiger partial charge in [0, 0.05) is 30.4 Å². The highest BCUT2D eigenvalue weighted by molar-refractivity contribution is 6.09. The number of carbonyl (C=O) groups is 2. The van der Waals surface area contributed by atoms with Gasteiger partial charge in [0.25, 0.3) is 0 Å². The Balaban J connectivity index is 1.55. The van der Waals surface area contributed by atoms with Crippen molar-refractivity contribution in [2.45, 2.75) is 44.3 Å². The van der Waals surface area contributed by atoms with Gasteiger partial charge in [-0.1, -0.05) is 48.5 Å². The minimum Gasteiger partial charge on any atom is -0.338 e.